The fourth-order valence-corrected chi connectivity index (χ4v) is 4.47. The number of amides is 1. The highest BCUT2D eigenvalue weighted by Crippen LogP contribution is 2.33. The lowest BCUT2D eigenvalue weighted by Gasteiger charge is -2.23. The zero-order valence-corrected chi connectivity index (χ0v) is 19.1. The predicted molar refractivity (Wildman–Crippen MR) is 122 cm³/mol. The van der Waals surface area contributed by atoms with E-state index >= 15 is 0 Å². The number of nitrogens with zero attached hydrogens (tertiary/aromatic N) is 3. The Labute approximate surface area is 196 Å². The number of aromatic nitrogens is 2. The Morgan fingerprint density at radius 3 is 2.85 bits per heavy atom. The summed E-state index contributed by atoms with van der Waals surface area (Å²) in [6.45, 7) is 0.374. The maximum absolute atomic E-state index is 13.3. The van der Waals surface area contributed by atoms with Crippen molar-refractivity contribution in [3.05, 3.63) is 52.6 Å². The summed E-state index contributed by atoms with van der Waals surface area (Å²) in [7, 11) is 1.53. The molecular weight excluding hydrogens is 446 g/mol. The van der Waals surface area contributed by atoms with E-state index in [1.807, 2.05) is 6.07 Å². The van der Waals surface area contributed by atoms with Crippen molar-refractivity contribution >= 4 is 28.6 Å². The molecule has 2 aliphatic rings. The van der Waals surface area contributed by atoms with E-state index in [1.54, 1.807) is 29.3 Å². The van der Waals surface area contributed by atoms with Gasteiger partial charge in [0.05, 0.1) is 32.0 Å². The number of hydrogen-bond acceptors (Lipinski definition) is 7. The number of methoxy groups -OCH3 is 1. The van der Waals surface area contributed by atoms with Gasteiger partial charge in [-0.15, -0.1) is 0 Å². The van der Waals surface area contributed by atoms with Crippen molar-refractivity contribution in [3.63, 3.8) is 0 Å². The molecule has 1 aromatic carbocycles. The van der Waals surface area contributed by atoms with Crippen LogP contribution in [-0.4, -0.2) is 64.4 Å². The van der Waals surface area contributed by atoms with Crippen molar-refractivity contribution in [3.8, 4) is 5.75 Å². The first kappa shape index (κ1) is 22.1. The molecule has 174 valence electrons. The molecule has 3 heterocycles. The number of oxazole rings is 1. The average Bonchev–Trinajstić information content (AvgIpc) is 3.38. The molecule has 2 aromatic heterocycles. The minimum absolute atomic E-state index is 0.0389. The second kappa shape index (κ2) is 9.29. The van der Waals surface area contributed by atoms with Gasteiger partial charge >= 0.3 is 0 Å². The predicted octanol–water partition coefficient (Wildman–Crippen LogP) is 3.42. The summed E-state index contributed by atoms with van der Waals surface area (Å²) in [6, 6.07) is 6.67. The summed E-state index contributed by atoms with van der Waals surface area (Å²) in [5, 5.41) is 10.5. The molecule has 0 radical (unpaired) electrons. The molecule has 1 N–H and O–H groups in total. The number of carbonyl (C=O) groups is 1. The number of benzene rings is 1. The highest BCUT2D eigenvalue weighted by atomic mass is 35.5. The molecule has 1 aliphatic carbocycles. The fraction of sp³-hybridized carbons (Fsp3) is 0.458. The quantitative estimate of drug-likeness (QED) is 0.537. The standard InChI is InChI=1S/C24H26ClN3O5/c1-31-21-9-14(24(30)28-12-19(11-17(28)13-29)32-18-3-4-18)8-20-23(21)33-22(27-20)5-2-16-10-15(25)6-7-26-16/h6-10,17-19,29H,2-5,11-13H2,1H3/t17-,19+/m0/s1. The van der Waals surface area contributed by atoms with Crippen molar-refractivity contribution in [1.82, 2.24) is 14.9 Å². The summed E-state index contributed by atoms with van der Waals surface area (Å²) in [5.74, 6) is 0.798. The molecule has 2 fully saturated rings. The number of aliphatic hydroxyl groups is 1. The maximum atomic E-state index is 13.3. The van der Waals surface area contributed by atoms with Gasteiger partial charge in [-0.2, -0.15) is 0 Å². The Morgan fingerprint density at radius 1 is 1.27 bits per heavy atom. The van der Waals surface area contributed by atoms with Crippen molar-refractivity contribution < 1.29 is 23.8 Å². The van der Waals surface area contributed by atoms with E-state index in [0.29, 0.717) is 65.2 Å². The highest BCUT2D eigenvalue weighted by Gasteiger charge is 2.39. The normalized spacial score (nSPS) is 20.5. The van der Waals surface area contributed by atoms with Crippen LogP contribution in [0.25, 0.3) is 11.1 Å². The minimum atomic E-state index is -0.263. The molecule has 0 unspecified atom stereocenters. The Morgan fingerprint density at radius 2 is 2.12 bits per heavy atom. The zero-order chi connectivity index (χ0) is 22.9. The smallest absolute Gasteiger partial charge is 0.254 e. The second-order valence-corrected chi connectivity index (χ2v) is 9.02. The van der Waals surface area contributed by atoms with E-state index in [9.17, 15) is 9.90 Å². The number of aliphatic hydroxyl groups excluding tert-OH is 1. The summed E-state index contributed by atoms with van der Waals surface area (Å²) in [4.78, 5) is 23.9. The lowest BCUT2D eigenvalue weighted by molar-refractivity contribution is 0.0431. The molecule has 3 aromatic rings. The van der Waals surface area contributed by atoms with Crippen molar-refractivity contribution in [2.45, 2.75) is 50.4 Å². The number of hydrogen-bond donors (Lipinski definition) is 1. The molecule has 1 amide bonds. The van der Waals surface area contributed by atoms with Crippen LogP contribution in [0.15, 0.2) is 34.9 Å². The van der Waals surface area contributed by atoms with Crippen LogP contribution in [0.2, 0.25) is 5.02 Å². The molecule has 0 bridgehead atoms. The molecule has 33 heavy (non-hydrogen) atoms. The van der Waals surface area contributed by atoms with Gasteiger partial charge in [0.1, 0.15) is 5.52 Å². The second-order valence-electron chi connectivity index (χ2n) is 8.59. The van der Waals surface area contributed by atoms with Crippen LogP contribution in [0.3, 0.4) is 0 Å². The topological polar surface area (TPSA) is 97.9 Å². The van der Waals surface area contributed by atoms with E-state index < -0.39 is 0 Å². The van der Waals surface area contributed by atoms with Crippen molar-refractivity contribution in [1.29, 1.82) is 0 Å². The Balaban J connectivity index is 1.36. The lowest BCUT2D eigenvalue weighted by atomic mass is 10.1. The van der Waals surface area contributed by atoms with E-state index in [4.69, 9.17) is 25.5 Å². The van der Waals surface area contributed by atoms with E-state index in [1.165, 1.54) is 7.11 Å². The first-order chi connectivity index (χ1) is 16.0. The molecule has 2 atom stereocenters. The fourth-order valence-electron chi connectivity index (χ4n) is 4.29. The lowest BCUT2D eigenvalue weighted by Crippen LogP contribution is -2.38. The number of likely N-dealkylation sites (tertiary alicyclic amines) is 1. The summed E-state index contributed by atoms with van der Waals surface area (Å²) < 4.78 is 17.4. The average molecular weight is 472 g/mol. The first-order valence-electron chi connectivity index (χ1n) is 11.2. The molecule has 1 aliphatic heterocycles. The van der Waals surface area contributed by atoms with Crippen LogP contribution in [0, 0.1) is 0 Å². The van der Waals surface area contributed by atoms with Gasteiger partial charge in [0, 0.05) is 35.4 Å². The SMILES string of the molecule is COc1cc(C(=O)N2C[C@H](OC3CC3)C[C@H]2CO)cc2nc(CCc3cc(Cl)ccn3)oc12. The molecule has 1 saturated heterocycles. The summed E-state index contributed by atoms with van der Waals surface area (Å²) in [6.07, 6.45) is 5.88. The Bertz CT molecular complexity index is 1160. The van der Waals surface area contributed by atoms with Crippen LogP contribution in [0.5, 0.6) is 5.75 Å². The number of ether oxygens (including phenoxy) is 2. The first-order valence-corrected chi connectivity index (χ1v) is 11.6. The van der Waals surface area contributed by atoms with Crippen LogP contribution >= 0.6 is 11.6 Å². The number of fused-ring (bicyclic) bond motifs is 1. The largest absolute Gasteiger partial charge is 0.493 e. The molecule has 9 heteroatoms. The number of carbonyl (C=O) groups excluding carboxylic acids is 1. The summed E-state index contributed by atoms with van der Waals surface area (Å²) >= 11 is 6.03. The monoisotopic (exact) mass is 471 g/mol. The van der Waals surface area contributed by atoms with E-state index in [2.05, 4.69) is 9.97 Å². The van der Waals surface area contributed by atoms with Crippen LogP contribution in [0.1, 0.15) is 41.2 Å². The Hall–Kier alpha value is -2.68. The molecule has 0 spiro atoms. The van der Waals surface area contributed by atoms with Gasteiger partial charge < -0.3 is 23.9 Å². The van der Waals surface area contributed by atoms with Crippen LogP contribution in [0.4, 0.5) is 0 Å². The maximum Gasteiger partial charge on any atom is 0.254 e. The molecular formula is C24H26ClN3O5. The number of pyridine rings is 1. The third-order valence-electron chi connectivity index (χ3n) is 6.10. The molecule has 5 rings (SSSR count). The van der Waals surface area contributed by atoms with E-state index in [0.717, 1.165) is 18.5 Å². The molecule has 1 saturated carbocycles. The van der Waals surface area contributed by atoms with Crippen LogP contribution in [-0.2, 0) is 17.6 Å². The number of halogens is 1. The van der Waals surface area contributed by atoms with Gasteiger partial charge in [-0.05, 0) is 49.9 Å². The highest BCUT2D eigenvalue weighted by molar-refractivity contribution is 6.30. The van der Waals surface area contributed by atoms with Gasteiger partial charge in [-0.3, -0.25) is 9.78 Å². The zero-order valence-electron chi connectivity index (χ0n) is 18.4. The van der Waals surface area contributed by atoms with Gasteiger partial charge in [-0.1, -0.05) is 11.6 Å². The Kier molecular flexibility index (Phi) is 6.23. The number of aryl methyl sites for hydroxylation is 2. The third-order valence-corrected chi connectivity index (χ3v) is 6.33. The van der Waals surface area contributed by atoms with Gasteiger partial charge in [0.15, 0.2) is 17.2 Å². The number of rotatable bonds is 8. The molecule has 8 nitrogen and oxygen atoms in total. The third kappa shape index (κ3) is 4.83. The van der Waals surface area contributed by atoms with Crippen LogP contribution < -0.4 is 4.74 Å². The summed E-state index contributed by atoms with van der Waals surface area (Å²) in [5.41, 5.74) is 2.34. The minimum Gasteiger partial charge on any atom is -0.493 e. The van der Waals surface area contributed by atoms with Crippen molar-refractivity contribution in [2.24, 2.45) is 0 Å². The van der Waals surface area contributed by atoms with Gasteiger partial charge in [0.25, 0.3) is 5.91 Å². The van der Waals surface area contributed by atoms with Crippen molar-refractivity contribution in [2.75, 3.05) is 20.3 Å². The van der Waals surface area contributed by atoms with Gasteiger partial charge in [-0.25, -0.2) is 4.98 Å². The van der Waals surface area contributed by atoms with Gasteiger partial charge in [0.2, 0.25) is 0 Å². The van der Waals surface area contributed by atoms with E-state index in [-0.39, 0.29) is 24.7 Å².